The molecule has 0 aliphatic rings. The molecule has 3 aromatic rings. The van der Waals surface area contributed by atoms with Gasteiger partial charge in [-0.3, -0.25) is 4.79 Å². The molecule has 0 radical (unpaired) electrons. The predicted octanol–water partition coefficient (Wildman–Crippen LogP) is 2.16. The first-order valence-electron chi connectivity index (χ1n) is 7.47. The van der Waals surface area contributed by atoms with E-state index >= 15 is 0 Å². The summed E-state index contributed by atoms with van der Waals surface area (Å²) >= 11 is 0. The molecule has 1 unspecified atom stereocenters. The molecule has 7 heteroatoms. The molecule has 1 aromatic heterocycles. The van der Waals surface area contributed by atoms with Crippen LogP contribution in [-0.2, 0) is 0 Å². The zero-order valence-corrected chi connectivity index (χ0v) is 13.4. The Kier molecular flexibility index (Phi) is 4.51. The van der Waals surface area contributed by atoms with Gasteiger partial charge in [-0.2, -0.15) is 4.68 Å². The third-order valence-corrected chi connectivity index (χ3v) is 3.70. The molecule has 24 heavy (non-hydrogen) atoms. The Labute approximate surface area is 139 Å². The van der Waals surface area contributed by atoms with E-state index in [1.54, 1.807) is 25.3 Å². The number of rotatable bonds is 5. The molecule has 122 valence electrons. The van der Waals surface area contributed by atoms with Crippen molar-refractivity contribution in [2.24, 2.45) is 0 Å². The lowest BCUT2D eigenvalue weighted by atomic mass is 10.1. The molecule has 0 aliphatic carbocycles. The number of hydrogen-bond donors (Lipinski definition) is 1. The molecule has 0 saturated heterocycles. The fourth-order valence-electron chi connectivity index (χ4n) is 2.51. The second kappa shape index (κ2) is 6.91. The van der Waals surface area contributed by atoms with Crippen LogP contribution in [0.2, 0.25) is 0 Å². The smallest absolute Gasteiger partial charge is 0.253 e. The lowest BCUT2D eigenvalue weighted by Gasteiger charge is -2.18. The van der Waals surface area contributed by atoms with E-state index in [2.05, 4.69) is 20.8 Å². The summed E-state index contributed by atoms with van der Waals surface area (Å²) in [6.45, 7) is 1.91. The van der Waals surface area contributed by atoms with Crippen molar-refractivity contribution >= 4 is 5.91 Å². The number of aromatic nitrogens is 4. The third kappa shape index (κ3) is 3.10. The number of nitrogens with one attached hydrogen (secondary N) is 1. The van der Waals surface area contributed by atoms with Crippen LogP contribution >= 0.6 is 0 Å². The van der Waals surface area contributed by atoms with Gasteiger partial charge in [0.25, 0.3) is 5.91 Å². The van der Waals surface area contributed by atoms with Crippen LogP contribution in [0.15, 0.2) is 54.9 Å². The van der Waals surface area contributed by atoms with Crippen molar-refractivity contribution in [2.75, 3.05) is 7.11 Å². The van der Waals surface area contributed by atoms with Crippen molar-refractivity contribution in [3.05, 3.63) is 66.0 Å². The Morgan fingerprint density at radius 1 is 1.17 bits per heavy atom. The first-order valence-corrected chi connectivity index (χ1v) is 7.47. The number of tetrazole rings is 1. The molecule has 7 nitrogen and oxygen atoms in total. The predicted molar refractivity (Wildman–Crippen MR) is 88.0 cm³/mol. The number of carbonyl (C=O) groups excluding carboxylic acids is 1. The van der Waals surface area contributed by atoms with Gasteiger partial charge in [-0.1, -0.05) is 30.3 Å². The van der Waals surface area contributed by atoms with Gasteiger partial charge in [-0.15, -0.1) is 5.10 Å². The maximum atomic E-state index is 12.7. The van der Waals surface area contributed by atoms with Crippen molar-refractivity contribution in [2.45, 2.75) is 13.0 Å². The molecule has 0 saturated carbocycles. The lowest BCUT2D eigenvalue weighted by Crippen LogP contribution is -2.28. The highest BCUT2D eigenvalue weighted by Gasteiger charge is 2.18. The maximum Gasteiger partial charge on any atom is 0.253 e. The Morgan fingerprint density at radius 2 is 1.92 bits per heavy atom. The Bertz CT molecular complexity index is 833. The van der Waals surface area contributed by atoms with Gasteiger partial charge >= 0.3 is 0 Å². The van der Waals surface area contributed by atoms with Crippen LogP contribution in [0.25, 0.3) is 5.69 Å². The van der Waals surface area contributed by atoms with Gasteiger partial charge in [0.15, 0.2) is 0 Å². The summed E-state index contributed by atoms with van der Waals surface area (Å²) in [5, 5.41) is 14.1. The van der Waals surface area contributed by atoms with Gasteiger partial charge < -0.3 is 10.1 Å². The number of nitrogens with zero attached hydrogens (tertiary/aromatic N) is 4. The van der Waals surface area contributed by atoms with Gasteiger partial charge in [0, 0.05) is 5.56 Å². The Morgan fingerprint density at radius 3 is 2.67 bits per heavy atom. The zero-order valence-electron chi connectivity index (χ0n) is 13.4. The summed E-state index contributed by atoms with van der Waals surface area (Å²) in [6, 6.07) is 14.5. The number of ether oxygens (including phenoxy) is 1. The standard InChI is InChI=1S/C17H17N5O2/c1-12(13-7-4-6-10-16(13)24-2)19-17(23)14-8-3-5-9-15(14)22-11-18-20-21-22/h3-12H,1-2H3,(H,19,23). The zero-order chi connectivity index (χ0) is 16.9. The number of amides is 1. The second-order valence-corrected chi connectivity index (χ2v) is 5.21. The normalized spacial score (nSPS) is 11.8. The molecule has 2 aromatic carbocycles. The summed E-state index contributed by atoms with van der Waals surface area (Å²) in [7, 11) is 1.61. The number of methoxy groups -OCH3 is 1. The number of benzene rings is 2. The number of carbonyl (C=O) groups is 1. The van der Waals surface area contributed by atoms with Crippen LogP contribution in [0.5, 0.6) is 5.75 Å². The van der Waals surface area contributed by atoms with E-state index in [0.29, 0.717) is 11.3 Å². The third-order valence-electron chi connectivity index (χ3n) is 3.70. The number of hydrogen-bond acceptors (Lipinski definition) is 5. The van der Waals surface area contributed by atoms with Gasteiger partial charge in [0.2, 0.25) is 0 Å². The summed E-state index contributed by atoms with van der Waals surface area (Å²) in [4.78, 5) is 12.7. The van der Waals surface area contributed by atoms with E-state index in [0.717, 1.165) is 11.3 Å². The van der Waals surface area contributed by atoms with E-state index in [1.807, 2.05) is 37.3 Å². The largest absolute Gasteiger partial charge is 0.496 e. The molecule has 0 aliphatic heterocycles. The van der Waals surface area contributed by atoms with E-state index in [9.17, 15) is 4.79 Å². The van der Waals surface area contributed by atoms with Crippen molar-refractivity contribution in [3.8, 4) is 11.4 Å². The van der Waals surface area contributed by atoms with Crippen LogP contribution in [0.4, 0.5) is 0 Å². The summed E-state index contributed by atoms with van der Waals surface area (Å²) in [6.07, 6.45) is 1.45. The van der Waals surface area contributed by atoms with Gasteiger partial charge in [-0.25, -0.2) is 0 Å². The molecule has 0 spiro atoms. The number of para-hydroxylation sites is 2. The molecule has 1 heterocycles. The minimum Gasteiger partial charge on any atom is -0.496 e. The summed E-state index contributed by atoms with van der Waals surface area (Å²) in [5.41, 5.74) is 2.02. The van der Waals surface area contributed by atoms with E-state index in [4.69, 9.17) is 4.74 Å². The fourth-order valence-corrected chi connectivity index (χ4v) is 2.51. The monoisotopic (exact) mass is 323 g/mol. The average Bonchev–Trinajstić information content (AvgIpc) is 3.16. The van der Waals surface area contributed by atoms with E-state index in [1.165, 1.54) is 11.0 Å². The highest BCUT2D eigenvalue weighted by atomic mass is 16.5. The fraction of sp³-hybridized carbons (Fsp3) is 0.176. The lowest BCUT2D eigenvalue weighted by molar-refractivity contribution is 0.0939. The van der Waals surface area contributed by atoms with Crippen molar-refractivity contribution in [1.82, 2.24) is 25.5 Å². The van der Waals surface area contributed by atoms with Gasteiger partial charge in [-0.05, 0) is 35.5 Å². The molecular weight excluding hydrogens is 306 g/mol. The van der Waals surface area contributed by atoms with Crippen LogP contribution < -0.4 is 10.1 Å². The van der Waals surface area contributed by atoms with Crippen LogP contribution in [0, 0.1) is 0 Å². The Hall–Kier alpha value is -3.22. The first-order chi connectivity index (χ1) is 11.7. The molecule has 1 N–H and O–H groups in total. The average molecular weight is 323 g/mol. The highest BCUT2D eigenvalue weighted by molar-refractivity contribution is 5.98. The quantitative estimate of drug-likeness (QED) is 0.778. The Balaban J connectivity index is 1.86. The minimum atomic E-state index is -0.212. The molecule has 1 atom stereocenters. The van der Waals surface area contributed by atoms with Gasteiger partial charge in [0.1, 0.15) is 12.1 Å². The molecule has 1 amide bonds. The molecule has 0 fully saturated rings. The molecule has 0 bridgehead atoms. The van der Waals surface area contributed by atoms with Crippen molar-refractivity contribution < 1.29 is 9.53 Å². The van der Waals surface area contributed by atoms with Gasteiger partial charge in [0.05, 0.1) is 24.4 Å². The van der Waals surface area contributed by atoms with Crippen LogP contribution in [0.1, 0.15) is 28.9 Å². The van der Waals surface area contributed by atoms with Crippen molar-refractivity contribution in [3.63, 3.8) is 0 Å². The van der Waals surface area contributed by atoms with Crippen LogP contribution in [-0.4, -0.2) is 33.2 Å². The second-order valence-electron chi connectivity index (χ2n) is 5.21. The maximum absolute atomic E-state index is 12.7. The SMILES string of the molecule is COc1ccccc1C(C)NC(=O)c1ccccc1-n1cnnn1. The summed E-state index contributed by atoms with van der Waals surface area (Å²) < 4.78 is 6.82. The molecular formula is C17H17N5O2. The summed E-state index contributed by atoms with van der Waals surface area (Å²) in [5.74, 6) is 0.526. The highest BCUT2D eigenvalue weighted by Crippen LogP contribution is 2.25. The minimum absolute atomic E-state index is 0.209. The van der Waals surface area contributed by atoms with Crippen molar-refractivity contribution in [1.29, 1.82) is 0 Å². The molecule has 3 rings (SSSR count). The first kappa shape index (κ1) is 15.7. The topological polar surface area (TPSA) is 81.9 Å². The van der Waals surface area contributed by atoms with E-state index < -0.39 is 0 Å². The van der Waals surface area contributed by atoms with Crippen LogP contribution in [0.3, 0.4) is 0 Å². The van der Waals surface area contributed by atoms with E-state index in [-0.39, 0.29) is 11.9 Å².